The quantitative estimate of drug-likeness (QED) is 0.163. The highest BCUT2D eigenvalue weighted by atomic mass is 32.2. The average molecular weight is 959 g/mol. The number of rotatable bonds is 11. The summed E-state index contributed by atoms with van der Waals surface area (Å²) in [6.45, 7) is 10.2. The molecule has 2 aromatic heterocycles. The van der Waals surface area contributed by atoms with Crippen LogP contribution in [0.2, 0.25) is 0 Å². The van der Waals surface area contributed by atoms with Gasteiger partial charge in [-0.15, -0.1) is 11.3 Å². The molecule has 1 unspecified atom stereocenters. The van der Waals surface area contributed by atoms with E-state index in [0.717, 1.165) is 10.4 Å². The van der Waals surface area contributed by atoms with E-state index >= 15 is 0 Å². The maximum atomic E-state index is 15.0. The maximum absolute atomic E-state index is 15.0. The molecule has 20 heteroatoms. The van der Waals surface area contributed by atoms with E-state index in [1.165, 1.54) is 16.2 Å². The van der Waals surface area contributed by atoms with Crippen molar-refractivity contribution in [2.45, 2.75) is 140 Å². The first-order valence-corrected chi connectivity index (χ1v) is 24.5. The average Bonchev–Trinajstić information content (AvgIpc) is 3.98. The molecule has 15 nitrogen and oxygen atoms in total. The molecule has 0 radical (unpaired) electrons. The third-order valence-corrected chi connectivity index (χ3v) is 15.8. The number of carbonyl (C=O) groups excluding carboxylic acids is 4. The molecule has 1 saturated heterocycles. The summed E-state index contributed by atoms with van der Waals surface area (Å²) in [5.74, 6) is -2.73. The van der Waals surface area contributed by atoms with E-state index < -0.39 is 85.9 Å². The lowest BCUT2D eigenvalue weighted by Crippen LogP contribution is -2.59. The number of amides is 4. The number of alkyl halides is 3. The molecule has 0 bridgehead atoms. The van der Waals surface area contributed by atoms with Crippen molar-refractivity contribution in [1.29, 1.82) is 0 Å². The SMILES string of the molecule is CC(C)Oc1ccc(-c2cc(O[C@@H]3C[C@H]4C(=O)N[C@]5(C(=O)NS(=O)(=O)C6(C)CC6)CC5/C=C\CC[C@@H](C)C[C@@H](C)[C@H](NC(=O)OC(C)(C)C(F)(F)F)C(=O)N4C3)cc(-c3cncs3)n2)cc1. The number of sulfonamides is 1. The zero-order chi connectivity index (χ0) is 48.0. The first kappa shape index (κ1) is 48.7. The first-order chi connectivity index (χ1) is 30.9. The molecule has 3 N–H and O–H groups in total. The summed E-state index contributed by atoms with van der Waals surface area (Å²) < 4.78 is 86.6. The molecule has 4 aliphatic rings. The molecule has 2 aliphatic carbocycles. The number of thiazole rings is 1. The van der Waals surface area contributed by atoms with Crippen LogP contribution in [0.25, 0.3) is 21.8 Å². The number of alkyl carbamates (subject to hydrolysis) is 1. The second-order valence-electron chi connectivity index (χ2n) is 19.1. The molecule has 358 valence electrons. The fraction of sp³-hybridized carbons (Fsp3) is 0.565. The summed E-state index contributed by atoms with van der Waals surface area (Å²) in [6, 6.07) is 7.99. The van der Waals surface area contributed by atoms with Crippen molar-refractivity contribution in [1.82, 2.24) is 30.2 Å². The number of pyridine rings is 1. The van der Waals surface area contributed by atoms with Gasteiger partial charge in [-0.1, -0.05) is 26.0 Å². The van der Waals surface area contributed by atoms with Crippen LogP contribution in [0.3, 0.4) is 0 Å². The Morgan fingerprint density at radius 1 is 1.03 bits per heavy atom. The Labute approximate surface area is 386 Å². The lowest BCUT2D eigenvalue weighted by Gasteiger charge is -2.34. The van der Waals surface area contributed by atoms with E-state index in [9.17, 15) is 40.8 Å². The number of hydrogen-bond donors (Lipinski definition) is 3. The minimum absolute atomic E-state index is 0.0382. The van der Waals surface area contributed by atoms with Gasteiger partial charge in [0.2, 0.25) is 27.4 Å². The van der Waals surface area contributed by atoms with Gasteiger partial charge in [-0.3, -0.25) is 24.1 Å². The predicted molar refractivity (Wildman–Crippen MR) is 240 cm³/mol. The van der Waals surface area contributed by atoms with Gasteiger partial charge >= 0.3 is 12.3 Å². The molecule has 2 aliphatic heterocycles. The van der Waals surface area contributed by atoms with Gasteiger partial charge in [0.15, 0.2) is 0 Å². The number of halogens is 3. The van der Waals surface area contributed by atoms with Crippen molar-refractivity contribution in [2.75, 3.05) is 6.54 Å². The number of ether oxygens (including phenoxy) is 3. The number of nitrogens with one attached hydrogen (secondary N) is 3. The number of nitrogens with zero attached hydrogens (tertiary/aromatic N) is 3. The van der Waals surface area contributed by atoms with Crippen molar-refractivity contribution in [2.24, 2.45) is 17.8 Å². The molecular weight excluding hydrogens is 902 g/mol. The third kappa shape index (κ3) is 10.6. The topological polar surface area (TPSA) is 195 Å². The van der Waals surface area contributed by atoms with Crippen LogP contribution < -0.4 is 24.8 Å². The van der Waals surface area contributed by atoms with Crippen molar-refractivity contribution < 1.29 is 55.0 Å². The molecule has 66 heavy (non-hydrogen) atoms. The number of carbonyl (C=O) groups is 4. The van der Waals surface area contributed by atoms with Gasteiger partial charge in [-0.2, -0.15) is 13.2 Å². The van der Waals surface area contributed by atoms with Gasteiger partial charge in [0.1, 0.15) is 35.2 Å². The smallest absolute Gasteiger partial charge is 0.427 e. The van der Waals surface area contributed by atoms with Crippen molar-refractivity contribution in [3.63, 3.8) is 0 Å². The van der Waals surface area contributed by atoms with E-state index in [2.05, 4.69) is 20.3 Å². The van der Waals surface area contributed by atoms with E-state index in [0.29, 0.717) is 68.8 Å². The minimum Gasteiger partial charge on any atom is -0.491 e. The molecular formula is C46H57F3N6O9S2. The number of aromatic nitrogens is 2. The van der Waals surface area contributed by atoms with Gasteiger partial charge in [0, 0.05) is 36.2 Å². The summed E-state index contributed by atoms with van der Waals surface area (Å²) in [5.41, 5.74) is -1.08. The summed E-state index contributed by atoms with van der Waals surface area (Å²) in [6.07, 6.45) is 0.207. The maximum Gasteiger partial charge on any atom is 0.427 e. The monoisotopic (exact) mass is 958 g/mol. The molecule has 3 fully saturated rings. The van der Waals surface area contributed by atoms with Crippen LogP contribution in [0.5, 0.6) is 11.5 Å². The van der Waals surface area contributed by atoms with E-state index in [1.54, 1.807) is 43.8 Å². The highest BCUT2D eigenvalue weighted by molar-refractivity contribution is 7.91. The predicted octanol–water partition coefficient (Wildman–Crippen LogP) is 7.33. The third-order valence-electron chi connectivity index (χ3n) is 12.9. The molecule has 4 amide bonds. The standard InChI is InChI=1S/C46H57F3N6O9S2/c1-26(2)62-31-14-12-29(13-15-31)34-19-32(20-35(51-34)37-23-50-25-65-37)63-33-21-36-39(56)53-45(41(58)54-66(60,61)44(7)16-17-44)22-30(45)11-9-8-10-27(3)18-28(4)38(40(57)55(36)24-33)52-42(59)64-43(5,6)46(47,48)49/h9,11-15,19-20,23,25-28,30,33,36,38H,8,10,16-18,21-22,24H2,1-7H3,(H,52,59)(H,53,56)(H,54,58)/b11-9-/t27-,28-,30?,33-,36+,38+,45-/m1/s1. The molecule has 3 aromatic rings. The second-order valence-corrected chi connectivity index (χ2v) is 22.2. The lowest BCUT2D eigenvalue weighted by atomic mass is 9.88. The number of hydrogen-bond acceptors (Lipinski definition) is 12. The van der Waals surface area contributed by atoms with Crippen LogP contribution in [0, 0.1) is 17.8 Å². The van der Waals surface area contributed by atoms with E-state index in [-0.39, 0.29) is 31.4 Å². The van der Waals surface area contributed by atoms with Crippen LogP contribution in [0.15, 0.2) is 60.3 Å². The fourth-order valence-corrected chi connectivity index (χ4v) is 10.3. The second kappa shape index (κ2) is 18.4. The van der Waals surface area contributed by atoms with Crippen LogP contribution in [0.4, 0.5) is 18.0 Å². The zero-order valence-electron chi connectivity index (χ0n) is 37.9. The number of benzene rings is 1. The Bertz CT molecular complexity index is 2440. The van der Waals surface area contributed by atoms with Gasteiger partial charge in [0.25, 0.3) is 5.91 Å². The molecule has 7 rings (SSSR count). The molecule has 2 saturated carbocycles. The largest absolute Gasteiger partial charge is 0.491 e. The van der Waals surface area contributed by atoms with Crippen LogP contribution in [-0.4, -0.2) is 100 Å². The molecule has 0 spiro atoms. The Hall–Kier alpha value is -5.24. The lowest BCUT2D eigenvalue weighted by molar-refractivity contribution is -0.244. The Kier molecular flexibility index (Phi) is 13.6. The van der Waals surface area contributed by atoms with Gasteiger partial charge in [-0.25, -0.2) is 18.2 Å². The molecule has 7 atom stereocenters. The van der Waals surface area contributed by atoms with Crippen LogP contribution in [-0.2, 0) is 29.1 Å². The van der Waals surface area contributed by atoms with Gasteiger partial charge in [0.05, 0.1) is 39.2 Å². The molecule has 4 heterocycles. The summed E-state index contributed by atoms with van der Waals surface area (Å²) in [4.78, 5) is 68.1. The van der Waals surface area contributed by atoms with Crippen molar-refractivity contribution in [3.05, 3.63) is 60.3 Å². The fourth-order valence-electron chi connectivity index (χ4n) is 8.40. The number of fused-ring (bicyclic) bond motifs is 2. The van der Waals surface area contributed by atoms with Crippen molar-refractivity contribution >= 4 is 45.2 Å². The molecule has 1 aromatic carbocycles. The normalized spacial score (nSPS) is 27.3. The Balaban J connectivity index is 1.24. The summed E-state index contributed by atoms with van der Waals surface area (Å²) >= 11 is 1.36. The van der Waals surface area contributed by atoms with Gasteiger partial charge < -0.3 is 29.7 Å². The summed E-state index contributed by atoms with van der Waals surface area (Å²) in [7, 11) is -4.10. The van der Waals surface area contributed by atoms with E-state index in [1.807, 2.05) is 51.1 Å². The zero-order valence-corrected chi connectivity index (χ0v) is 39.6. The Morgan fingerprint density at radius 3 is 2.36 bits per heavy atom. The van der Waals surface area contributed by atoms with Gasteiger partial charge in [-0.05, 0) is 109 Å². The van der Waals surface area contributed by atoms with Crippen LogP contribution >= 0.6 is 11.3 Å². The van der Waals surface area contributed by atoms with Crippen molar-refractivity contribution in [3.8, 4) is 33.3 Å². The summed E-state index contributed by atoms with van der Waals surface area (Å²) in [5, 5.41) is 5.24. The highest BCUT2D eigenvalue weighted by Gasteiger charge is 2.63. The van der Waals surface area contributed by atoms with Crippen LogP contribution in [0.1, 0.15) is 93.4 Å². The number of allylic oxidation sites excluding steroid dienone is 1. The van der Waals surface area contributed by atoms with E-state index in [4.69, 9.17) is 19.2 Å². The Morgan fingerprint density at radius 2 is 1.73 bits per heavy atom. The minimum atomic E-state index is -4.93. The highest BCUT2D eigenvalue weighted by Crippen LogP contribution is 2.48. The first-order valence-electron chi connectivity index (χ1n) is 22.2.